The molecule has 0 unspecified atom stereocenters. The molecule has 3 aromatic rings. The summed E-state index contributed by atoms with van der Waals surface area (Å²) in [5.74, 6) is -0.625. The highest BCUT2D eigenvalue weighted by molar-refractivity contribution is 7.92. The van der Waals surface area contributed by atoms with Crippen molar-refractivity contribution >= 4 is 51.0 Å². The SMILES string of the molecule is Cc1cccc(/C=N\NC(=O)CN(c2cc(Cl)cc(Cl)c2)S(=O)(=O)c2ccccc2)c1. The van der Waals surface area contributed by atoms with Crippen LogP contribution >= 0.6 is 23.2 Å². The molecule has 0 saturated heterocycles. The Morgan fingerprint density at radius 3 is 2.32 bits per heavy atom. The molecule has 0 aliphatic heterocycles. The molecule has 3 rings (SSSR count). The van der Waals surface area contributed by atoms with Crippen molar-refractivity contribution in [1.82, 2.24) is 5.43 Å². The van der Waals surface area contributed by atoms with Crippen LogP contribution in [0.15, 0.2) is 82.8 Å². The van der Waals surface area contributed by atoms with Gasteiger partial charge in [-0.25, -0.2) is 13.8 Å². The number of carbonyl (C=O) groups is 1. The van der Waals surface area contributed by atoms with Crippen molar-refractivity contribution in [3.05, 3.63) is 94.0 Å². The summed E-state index contributed by atoms with van der Waals surface area (Å²) in [5, 5.41) is 4.41. The van der Waals surface area contributed by atoms with Gasteiger partial charge in [-0.15, -0.1) is 0 Å². The van der Waals surface area contributed by atoms with Gasteiger partial charge in [-0.05, 0) is 42.8 Å². The van der Waals surface area contributed by atoms with E-state index in [0.717, 1.165) is 15.4 Å². The van der Waals surface area contributed by atoms with Crippen LogP contribution < -0.4 is 9.73 Å². The first kappa shape index (κ1) is 22.8. The highest BCUT2D eigenvalue weighted by Crippen LogP contribution is 2.29. The predicted octanol–water partition coefficient (Wildman–Crippen LogP) is 4.65. The maximum Gasteiger partial charge on any atom is 0.264 e. The molecule has 0 aliphatic rings. The van der Waals surface area contributed by atoms with E-state index >= 15 is 0 Å². The lowest BCUT2D eigenvalue weighted by molar-refractivity contribution is -0.119. The van der Waals surface area contributed by atoms with Crippen molar-refractivity contribution in [2.24, 2.45) is 5.10 Å². The zero-order valence-electron chi connectivity index (χ0n) is 16.5. The third-order valence-corrected chi connectivity index (χ3v) is 6.42. The normalized spacial score (nSPS) is 11.5. The van der Waals surface area contributed by atoms with E-state index in [-0.39, 0.29) is 20.6 Å². The van der Waals surface area contributed by atoms with Crippen LogP contribution in [-0.2, 0) is 14.8 Å². The van der Waals surface area contributed by atoms with E-state index in [1.807, 2.05) is 31.2 Å². The van der Waals surface area contributed by atoms with Gasteiger partial charge < -0.3 is 0 Å². The highest BCUT2D eigenvalue weighted by Gasteiger charge is 2.27. The summed E-state index contributed by atoms with van der Waals surface area (Å²) >= 11 is 12.1. The lowest BCUT2D eigenvalue weighted by Gasteiger charge is -2.24. The topological polar surface area (TPSA) is 78.8 Å². The molecule has 0 aliphatic carbocycles. The molecule has 0 aromatic heterocycles. The summed E-state index contributed by atoms with van der Waals surface area (Å²) in [6, 6.07) is 19.7. The molecule has 0 fully saturated rings. The molecule has 160 valence electrons. The largest absolute Gasteiger partial charge is 0.271 e. The van der Waals surface area contributed by atoms with Gasteiger partial charge in [0.15, 0.2) is 0 Å². The number of hydrogen-bond acceptors (Lipinski definition) is 4. The third-order valence-electron chi connectivity index (χ3n) is 4.20. The fourth-order valence-corrected chi connectivity index (χ4v) is 4.75. The molecule has 0 heterocycles. The molecule has 1 amide bonds. The molecule has 0 spiro atoms. The number of benzene rings is 3. The lowest BCUT2D eigenvalue weighted by atomic mass is 10.2. The Balaban J connectivity index is 1.87. The number of hydrogen-bond donors (Lipinski definition) is 1. The van der Waals surface area contributed by atoms with Crippen molar-refractivity contribution in [2.75, 3.05) is 10.8 Å². The van der Waals surface area contributed by atoms with Crippen molar-refractivity contribution in [2.45, 2.75) is 11.8 Å². The van der Waals surface area contributed by atoms with E-state index in [9.17, 15) is 13.2 Å². The maximum absolute atomic E-state index is 13.2. The zero-order valence-corrected chi connectivity index (χ0v) is 18.8. The summed E-state index contributed by atoms with van der Waals surface area (Å²) in [5.41, 5.74) is 4.38. The maximum atomic E-state index is 13.2. The predicted molar refractivity (Wildman–Crippen MR) is 124 cm³/mol. The summed E-state index contributed by atoms with van der Waals surface area (Å²) in [4.78, 5) is 12.6. The molecule has 1 N–H and O–H groups in total. The number of anilines is 1. The van der Waals surface area contributed by atoms with Gasteiger partial charge in [-0.1, -0.05) is 71.2 Å². The molecule has 0 bridgehead atoms. The molecule has 31 heavy (non-hydrogen) atoms. The molecule has 0 atom stereocenters. The van der Waals surface area contributed by atoms with E-state index in [1.165, 1.54) is 36.5 Å². The molecule has 6 nitrogen and oxygen atoms in total. The van der Waals surface area contributed by atoms with Crippen LogP contribution in [0.1, 0.15) is 11.1 Å². The fraction of sp³-hybridized carbons (Fsp3) is 0.0909. The van der Waals surface area contributed by atoms with Crippen LogP contribution in [-0.4, -0.2) is 27.1 Å². The van der Waals surface area contributed by atoms with Crippen molar-refractivity contribution < 1.29 is 13.2 Å². The van der Waals surface area contributed by atoms with E-state index in [2.05, 4.69) is 10.5 Å². The quantitative estimate of drug-likeness (QED) is 0.399. The highest BCUT2D eigenvalue weighted by atomic mass is 35.5. The Bertz CT molecular complexity index is 1200. The van der Waals surface area contributed by atoms with Crippen LogP contribution in [0.2, 0.25) is 10.0 Å². The van der Waals surface area contributed by atoms with Gasteiger partial charge in [0.25, 0.3) is 15.9 Å². The summed E-state index contributed by atoms with van der Waals surface area (Å²) in [6.07, 6.45) is 1.48. The number of rotatable bonds is 7. The molecule has 3 aromatic carbocycles. The van der Waals surface area contributed by atoms with Crippen LogP contribution in [0.25, 0.3) is 0 Å². The van der Waals surface area contributed by atoms with E-state index in [4.69, 9.17) is 23.2 Å². The van der Waals surface area contributed by atoms with Crippen LogP contribution in [0.3, 0.4) is 0 Å². The average Bonchev–Trinajstić information content (AvgIpc) is 2.72. The smallest absolute Gasteiger partial charge is 0.264 e. The van der Waals surface area contributed by atoms with E-state index in [0.29, 0.717) is 0 Å². The minimum atomic E-state index is -4.06. The van der Waals surface area contributed by atoms with Gasteiger partial charge >= 0.3 is 0 Å². The first-order valence-electron chi connectivity index (χ1n) is 9.18. The van der Waals surface area contributed by atoms with Gasteiger partial charge in [-0.2, -0.15) is 5.10 Å². The third kappa shape index (κ3) is 6.07. The van der Waals surface area contributed by atoms with Crippen molar-refractivity contribution in [1.29, 1.82) is 0 Å². The molecule has 9 heteroatoms. The Morgan fingerprint density at radius 2 is 1.68 bits per heavy atom. The fourth-order valence-electron chi connectivity index (χ4n) is 2.81. The number of sulfonamides is 1. The second-order valence-corrected chi connectivity index (χ2v) is 9.39. The molecule has 0 radical (unpaired) electrons. The number of hydrazone groups is 1. The van der Waals surface area contributed by atoms with Gasteiger partial charge in [0.05, 0.1) is 16.8 Å². The van der Waals surface area contributed by atoms with E-state index in [1.54, 1.807) is 18.2 Å². The van der Waals surface area contributed by atoms with Crippen molar-refractivity contribution in [3.63, 3.8) is 0 Å². The van der Waals surface area contributed by atoms with E-state index < -0.39 is 22.5 Å². The minimum absolute atomic E-state index is 0.0298. The number of aryl methyl sites for hydroxylation is 1. The molecular weight excluding hydrogens is 457 g/mol. The summed E-state index contributed by atoms with van der Waals surface area (Å²) < 4.78 is 27.4. The van der Waals surface area contributed by atoms with Gasteiger partial charge in [0.1, 0.15) is 6.54 Å². The zero-order chi connectivity index (χ0) is 22.4. The Labute approximate surface area is 191 Å². The minimum Gasteiger partial charge on any atom is -0.271 e. The van der Waals surface area contributed by atoms with Gasteiger partial charge in [0, 0.05) is 10.0 Å². The van der Waals surface area contributed by atoms with Gasteiger partial charge in [0.2, 0.25) is 0 Å². The Hall–Kier alpha value is -2.87. The van der Waals surface area contributed by atoms with Gasteiger partial charge in [-0.3, -0.25) is 9.10 Å². The number of amides is 1. The van der Waals surface area contributed by atoms with Crippen LogP contribution in [0.5, 0.6) is 0 Å². The van der Waals surface area contributed by atoms with Crippen molar-refractivity contribution in [3.8, 4) is 0 Å². The van der Waals surface area contributed by atoms with Crippen LogP contribution in [0, 0.1) is 6.92 Å². The molecular formula is C22H19Cl2N3O3S. The number of carbonyl (C=O) groups excluding carboxylic acids is 1. The number of halogens is 2. The number of nitrogens with one attached hydrogen (secondary N) is 1. The Morgan fingerprint density at radius 1 is 1.00 bits per heavy atom. The number of nitrogens with zero attached hydrogens (tertiary/aromatic N) is 2. The lowest BCUT2D eigenvalue weighted by Crippen LogP contribution is -2.39. The first-order valence-corrected chi connectivity index (χ1v) is 11.4. The van der Waals surface area contributed by atoms with Crippen LogP contribution in [0.4, 0.5) is 5.69 Å². The summed E-state index contributed by atoms with van der Waals surface area (Å²) in [7, 11) is -4.06. The standard InChI is InChI=1S/C22H19Cl2N3O3S/c1-16-6-5-7-17(10-16)14-25-26-22(28)15-27(20-12-18(23)11-19(24)13-20)31(29,30)21-8-3-2-4-9-21/h2-14H,15H2,1H3,(H,26,28)/b25-14-. The monoisotopic (exact) mass is 475 g/mol. The Kier molecular flexibility index (Phi) is 7.33. The summed E-state index contributed by atoms with van der Waals surface area (Å²) in [6.45, 7) is 1.43. The second-order valence-electron chi connectivity index (χ2n) is 6.66. The average molecular weight is 476 g/mol. The first-order chi connectivity index (χ1) is 14.8. The second kappa shape index (κ2) is 9.96. The molecule has 0 saturated carbocycles.